The monoisotopic (exact) mass is 346 g/mol. The number of carbonyl (C=O) groups is 2. The summed E-state index contributed by atoms with van der Waals surface area (Å²) in [6.45, 7) is 8.11. The molecule has 0 bridgehead atoms. The Morgan fingerprint density at radius 3 is 2.32 bits per heavy atom. The summed E-state index contributed by atoms with van der Waals surface area (Å²) in [5, 5.41) is 2.94. The fourth-order valence-corrected chi connectivity index (χ4v) is 3.10. The van der Waals surface area contributed by atoms with Crippen molar-refractivity contribution in [3.63, 3.8) is 0 Å². The van der Waals surface area contributed by atoms with Gasteiger partial charge >= 0.3 is 0 Å². The van der Waals surface area contributed by atoms with Gasteiger partial charge in [0, 0.05) is 13.1 Å². The second-order valence-electron chi connectivity index (χ2n) is 6.93. The van der Waals surface area contributed by atoms with Crippen LogP contribution in [0.3, 0.4) is 0 Å². The predicted octanol–water partition coefficient (Wildman–Crippen LogP) is 2.78. The van der Waals surface area contributed by atoms with E-state index < -0.39 is 6.04 Å². The van der Waals surface area contributed by atoms with Crippen molar-refractivity contribution < 1.29 is 14.3 Å². The van der Waals surface area contributed by atoms with E-state index in [0.717, 1.165) is 37.2 Å². The van der Waals surface area contributed by atoms with Crippen molar-refractivity contribution in [3.05, 3.63) is 29.8 Å². The maximum atomic E-state index is 12.7. The zero-order chi connectivity index (χ0) is 18.2. The molecular formula is C20H30N2O3. The van der Waals surface area contributed by atoms with Gasteiger partial charge in [-0.25, -0.2) is 0 Å². The molecule has 1 aliphatic heterocycles. The first kappa shape index (κ1) is 19.3. The lowest BCUT2D eigenvalue weighted by Gasteiger charge is -2.32. The molecule has 0 radical (unpaired) electrons. The molecule has 0 aromatic heterocycles. The molecule has 5 nitrogen and oxygen atoms in total. The minimum atomic E-state index is -0.451. The van der Waals surface area contributed by atoms with E-state index in [9.17, 15) is 9.59 Å². The second kappa shape index (κ2) is 9.44. The molecule has 0 aliphatic carbocycles. The zero-order valence-corrected chi connectivity index (χ0v) is 15.6. The van der Waals surface area contributed by atoms with Gasteiger partial charge < -0.3 is 15.0 Å². The van der Waals surface area contributed by atoms with Crippen LogP contribution in [0.25, 0.3) is 0 Å². The van der Waals surface area contributed by atoms with Crippen LogP contribution in [0, 0.1) is 5.92 Å². The Bertz CT molecular complexity index is 563. The molecule has 1 heterocycles. The first-order valence-corrected chi connectivity index (χ1v) is 9.31. The van der Waals surface area contributed by atoms with Crippen molar-refractivity contribution in [3.8, 4) is 5.75 Å². The molecule has 1 aliphatic rings. The summed E-state index contributed by atoms with van der Waals surface area (Å²) in [4.78, 5) is 27.0. The number of ether oxygens (including phenoxy) is 1. The van der Waals surface area contributed by atoms with Gasteiger partial charge in [0.25, 0.3) is 0 Å². The zero-order valence-electron chi connectivity index (χ0n) is 15.6. The van der Waals surface area contributed by atoms with Crippen LogP contribution in [0.5, 0.6) is 5.75 Å². The van der Waals surface area contributed by atoms with Gasteiger partial charge in [-0.2, -0.15) is 0 Å². The summed E-state index contributed by atoms with van der Waals surface area (Å²) in [6, 6.07) is 7.06. The van der Waals surface area contributed by atoms with Gasteiger partial charge in [-0.05, 0) is 49.8 Å². The van der Waals surface area contributed by atoms with Crippen molar-refractivity contribution in [2.75, 3.05) is 19.7 Å². The molecule has 1 saturated heterocycles. The molecule has 0 saturated carbocycles. The molecule has 25 heavy (non-hydrogen) atoms. The van der Waals surface area contributed by atoms with Gasteiger partial charge in [0.2, 0.25) is 11.8 Å². The molecule has 138 valence electrons. The van der Waals surface area contributed by atoms with Crippen molar-refractivity contribution in [1.82, 2.24) is 10.2 Å². The number of amides is 2. The number of hydrogen-bond donors (Lipinski definition) is 1. The first-order chi connectivity index (χ1) is 12.0. The lowest BCUT2D eigenvalue weighted by atomic mass is 10.0. The summed E-state index contributed by atoms with van der Waals surface area (Å²) in [7, 11) is 0. The average molecular weight is 346 g/mol. The highest BCUT2D eigenvalue weighted by Crippen LogP contribution is 2.15. The predicted molar refractivity (Wildman–Crippen MR) is 98.5 cm³/mol. The van der Waals surface area contributed by atoms with Gasteiger partial charge in [0.15, 0.2) is 0 Å². The van der Waals surface area contributed by atoms with E-state index in [4.69, 9.17) is 4.74 Å². The number of hydrogen-bond acceptors (Lipinski definition) is 3. The normalized spacial score (nSPS) is 15.8. The van der Waals surface area contributed by atoms with Crippen LogP contribution in [0.2, 0.25) is 0 Å². The Morgan fingerprint density at radius 2 is 1.76 bits per heavy atom. The Balaban J connectivity index is 1.93. The number of benzene rings is 1. The summed E-state index contributed by atoms with van der Waals surface area (Å²) < 4.78 is 5.41. The minimum absolute atomic E-state index is 0.0507. The van der Waals surface area contributed by atoms with Crippen LogP contribution in [0.4, 0.5) is 0 Å². The molecule has 5 heteroatoms. The third-order valence-electron chi connectivity index (χ3n) is 4.52. The largest absolute Gasteiger partial charge is 0.494 e. The lowest BCUT2D eigenvalue weighted by molar-refractivity contribution is -0.138. The maximum Gasteiger partial charge on any atom is 0.245 e. The Hall–Kier alpha value is -2.04. The van der Waals surface area contributed by atoms with Crippen molar-refractivity contribution in [2.24, 2.45) is 5.92 Å². The topological polar surface area (TPSA) is 58.6 Å². The summed E-state index contributed by atoms with van der Waals surface area (Å²) in [5.41, 5.74) is 0.911. The minimum Gasteiger partial charge on any atom is -0.494 e. The van der Waals surface area contributed by atoms with E-state index >= 15 is 0 Å². The molecular weight excluding hydrogens is 316 g/mol. The van der Waals surface area contributed by atoms with Gasteiger partial charge in [0.05, 0.1) is 13.0 Å². The van der Waals surface area contributed by atoms with Crippen LogP contribution < -0.4 is 10.1 Å². The molecule has 2 amide bonds. The molecule has 0 unspecified atom stereocenters. The molecule has 2 rings (SSSR count). The van der Waals surface area contributed by atoms with Crippen molar-refractivity contribution in [2.45, 2.75) is 52.5 Å². The number of nitrogens with zero attached hydrogens (tertiary/aromatic N) is 1. The van der Waals surface area contributed by atoms with Crippen molar-refractivity contribution in [1.29, 1.82) is 0 Å². The summed E-state index contributed by atoms with van der Waals surface area (Å²) in [6.07, 6.45) is 3.55. The van der Waals surface area contributed by atoms with Crippen LogP contribution >= 0.6 is 0 Å². The van der Waals surface area contributed by atoms with E-state index in [1.165, 1.54) is 6.42 Å². The highest BCUT2D eigenvalue weighted by molar-refractivity contribution is 5.88. The van der Waals surface area contributed by atoms with Gasteiger partial charge in [-0.3, -0.25) is 9.59 Å². The Labute approximate surface area is 150 Å². The molecule has 1 aromatic rings. The van der Waals surface area contributed by atoms with Gasteiger partial charge in [-0.1, -0.05) is 26.0 Å². The Morgan fingerprint density at radius 1 is 1.12 bits per heavy atom. The number of carbonyl (C=O) groups excluding carboxylic acids is 2. The second-order valence-corrected chi connectivity index (χ2v) is 6.93. The third-order valence-corrected chi connectivity index (χ3v) is 4.52. The average Bonchev–Trinajstić information content (AvgIpc) is 2.61. The number of piperidine rings is 1. The van der Waals surface area contributed by atoms with Crippen LogP contribution in [-0.2, 0) is 16.0 Å². The maximum absolute atomic E-state index is 12.7. The smallest absolute Gasteiger partial charge is 0.245 e. The first-order valence-electron chi connectivity index (χ1n) is 9.31. The highest BCUT2D eigenvalue weighted by atomic mass is 16.5. The molecule has 1 N–H and O–H groups in total. The van der Waals surface area contributed by atoms with E-state index in [1.54, 1.807) is 0 Å². The van der Waals surface area contributed by atoms with E-state index in [1.807, 2.05) is 49.9 Å². The van der Waals surface area contributed by atoms with Gasteiger partial charge in [-0.15, -0.1) is 0 Å². The van der Waals surface area contributed by atoms with E-state index in [0.29, 0.717) is 6.61 Å². The SMILES string of the molecule is CCOc1ccc(CC(=O)N[C@H](C(=O)N2CCCCC2)C(C)C)cc1. The van der Waals surface area contributed by atoms with Crippen LogP contribution in [-0.4, -0.2) is 42.5 Å². The molecule has 1 atom stereocenters. The Kier molecular flexibility index (Phi) is 7.29. The van der Waals surface area contributed by atoms with Crippen LogP contribution in [0.15, 0.2) is 24.3 Å². The highest BCUT2D eigenvalue weighted by Gasteiger charge is 2.29. The van der Waals surface area contributed by atoms with Crippen molar-refractivity contribution >= 4 is 11.8 Å². The number of likely N-dealkylation sites (tertiary alicyclic amines) is 1. The summed E-state index contributed by atoms with van der Waals surface area (Å²) >= 11 is 0. The number of nitrogens with one attached hydrogen (secondary N) is 1. The fourth-order valence-electron chi connectivity index (χ4n) is 3.10. The van der Waals surface area contributed by atoms with Gasteiger partial charge in [0.1, 0.15) is 11.8 Å². The standard InChI is InChI=1S/C20H30N2O3/c1-4-25-17-10-8-16(9-11-17)14-18(23)21-19(15(2)3)20(24)22-12-6-5-7-13-22/h8-11,15,19H,4-7,12-14H2,1-3H3,(H,21,23)/t19-/m0/s1. The fraction of sp³-hybridized carbons (Fsp3) is 0.600. The van der Waals surface area contributed by atoms with E-state index in [2.05, 4.69) is 5.32 Å². The summed E-state index contributed by atoms with van der Waals surface area (Å²) in [5.74, 6) is 0.800. The molecule has 1 aromatic carbocycles. The molecule has 1 fully saturated rings. The quantitative estimate of drug-likeness (QED) is 0.826. The lowest BCUT2D eigenvalue weighted by Crippen LogP contribution is -2.52. The number of rotatable bonds is 7. The van der Waals surface area contributed by atoms with Crippen LogP contribution in [0.1, 0.15) is 45.6 Å². The van der Waals surface area contributed by atoms with E-state index in [-0.39, 0.29) is 24.2 Å². The molecule has 0 spiro atoms. The third kappa shape index (κ3) is 5.76.